The number of aromatic nitrogens is 3. The maximum Gasteiger partial charge on any atom is 0.316 e. The monoisotopic (exact) mass is 499 g/mol. The largest absolute Gasteiger partial charge is 0.494 e. The van der Waals surface area contributed by atoms with E-state index >= 15 is 0 Å². The van der Waals surface area contributed by atoms with E-state index in [4.69, 9.17) is 14.7 Å². The summed E-state index contributed by atoms with van der Waals surface area (Å²) in [5.41, 5.74) is 0.603. The molecule has 0 fully saturated rings. The zero-order valence-corrected chi connectivity index (χ0v) is 20.6. The molecule has 11 heteroatoms. The Kier molecular flexibility index (Phi) is 9.49. The fourth-order valence-corrected chi connectivity index (χ4v) is 4.62. The second-order valence-electron chi connectivity index (χ2n) is 6.86. The van der Waals surface area contributed by atoms with Gasteiger partial charge < -0.3 is 18.9 Å². The maximum atomic E-state index is 12.7. The number of carbonyl (C=O) groups excluding carboxylic acids is 2. The van der Waals surface area contributed by atoms with Gasteiger partial charge in [0, 0.05) is 18.8 Å². The van der Waals surface area contributed by atoms with E-state index in [9.17, 15) is 9.59 Å². The number of benzene rings is 1. The molecule has 2 heterocycles. The first kappa shape index (κ1) is 25.3. The topological polar surface area (TPSA) is 110 Å². The van der Waals surface area contributed by atoms with Gasteiger partial charge in [-0.05, 0) is 49.6 Å². The molecule has 0 bridgehead atoms. The molecule has 0 aliphatic carbocycles. The summed E-state index contributed by atoms with van der Waals surface area (Å²) in [7, 11) is 0. The van der Waals surface area contributed by atoms with Crippen molar-refractivity contribution in [2.45, 2.75) is 32.0 Å². The molecule has 0 unspecified atom stereocenters. The lowest BCUT2D eigenvalue weighted by molar-refractivity contribution is -0.145. The first-order valence-electron chi connectivity index (χ1n) is 10.7. The van der Waals surface area contributed by atoms with E-state index in [0.29, 0.717) is 29.7 Å². The van der Waals surface area contributed by atoms with Crippen LogP contribution >= 0.6 is 23.1 Å². The Morgan fingerprint density at radius 3 is 2.65 bits per heavy atom. The molecular formula is C23H25N5O4S2. The van der Waals surface area contributed by atoms with Gasteiger partial charge in [0.25, 0.3) is 5.91 Å². The summed E-state index contributed by atoms with van der Waals surface area (Å²) in [6.45, 7) is 4.84. The number of rotatable bonds is 12. The normalized spacial score (nSPS) is 10.5. The van der Waals surface area contributed by atoms with Gasteiger partial charge in [-0.15, -0.1) is 21.5 Å². The van der Waals surface area contributed by atoms with Crippen molar-refractivity contribution in [2.24, 2.45) is 0 Å². The minimum absolute atomic E-state index is 0.00287. The molecule has 34 heavy (non-hydrogen) atoms. The average molecular weight is 500 g/mol. The Bertz CT molecular complexity index is 1120. The third-order valence-electron chi connectivity index (χ3n) is 4.66. The third-order valence-corrected chi connectivity index (χ3v) is 6.46. The van der Waals surface area contributed by atoms with Crippen LogP contribution in [0, 0.1) is 11.3 Å². The molecule has 0 N–H and O–H groups in total. The molecule has 3 aromatic rings. The van der Waals surface area contributed by atoms with Crippen LogP contribution in [0.5, 0.6) is 5.75 Å². The Labute approximate surface area is 206 Å². The molecule has 0 aliphatic heterocycles. The van der Waals surface area contributed by atoms with Crippen LogP contribution in [0.2, 0.25) is 0 Å². The number of thiophene rings is 1. The van der Waals surface area contributed by atoms with E-state index in [1.165, 1.54) is 16.7 Å². The zero-order valence-electron chi connectivity index (χ0n) is 19.0. The predicted octanol–water partition coefficient (Wildman–Crippen LogP) is 4.01. The Morgan fingerprint density at radius 2 is 2.00 bits per heavy atom. The summed E-state index contributed by atoms with van der Waals surface area (Å²) in [5.74, 6) is 0.497. The van der Waals surface area contributed by atoms with Gasteiger partial charge in [0.05, 0.1) is 29.7 Å². The molecule has 3 rings (SSSR count). The Hall–Kier alpha value is -3.36. The van der Waals surface area contributed by atoms with Crippen molar-refractivity contribution in [2.75, 3.05) is 30.4 Å². The molecule has 178 valence electrons. The van der Waals surface area contributed by atoms with Gasteiger partial charge in [0.15, 0.2) is 17.6 Å². The standard InChI is InChI=1S/C23H25N5O4S2/c1-3-27-22(19-7-5-14-33-19)25-26-23(27)34-16-21(30)32-15-20(29)28(13-6-12-24)17-8-10-18(11-9-17)31-4-2/h5,7-11,14H,3-4,6,13,15-16H2,1-2H3. The lowest BCUT2D eigenvalue weighted by Gasteiger charge is -2.22. The summed E-state index contributed by atoms with van der Waals surface area (Å²) in [4.78, 5) is 27.5. The number of amides is 1. The molecule has 0 saturated carbocycles. The number of ether oxygens (including phenoxy) is 2. The van der Waals surface area contributed by atoms with Crippen LogP contribution in [-0.4, -0.2) is 52.2 Å². The molecule has 0 aliphatic rings. The highest BCUT2D eigenvalue weighted by molar-refractivity contribution is 7.99. The van der Waals surface area contributed by atoms with Crippen LogP contribution in [0.15, 0.2) is 46.9 Å². The Morgan fingerprint density at radius 1 is 1.21 bits per heavy atom. The maximum absolute atomic E-state index is 12.7. The molecule has 1 amide bonds. The number of thioether (sulfide) groups is 1. The fourth-order valence-electron chi connectivity index (χ4n) is 3.10. The molecule has 9 nitrogen and oxygen atoms in total. The first-order chi connectivity index (χ1) is 16.6. The fraction of sp³-hybridized carbons (Fsp3) is 0.348. The molecule has 2 aromatic heterocycles. The molecular weight excluding hydrogens is 474 g/mol. The van der Waals surface area contributed by atoms with Crippen LogP contribution in [0.4, 0.5) is 5.69 Å². The molecule has 0 saturated heterocycles. The van der Waals surface area contributed by atoms with E-state index < -0.39 is 18.5 Å². The van der Waals surface area contributed by atoms with Gasteiger partial charge in [0.2, 0.25) is 0 Å². The van der Waals surface area contributed by atoms with Gasteiger partial charge >= 0.3 is 5.97 Å². The van der Waals surface area contributed by atoms with Gasteiger partial charge in [0.1, 0.15) is 5.75 Å². The third kappa shape index (κ3) is 6.59. The van der Waals surface area contributed by atoms with Crippen molar-refractivity contribution < 1.29 is 19.1 Å². The lowest BCUT2D eigenvalue weighted by Crippen LogP contribution is -2.35. The van der Waals surface area contributed by atoms with Crippen molar-refractivity contribution in [3.8, 4) is 22.5 Å². The minimum Gasteiger partial charge on any atom is -0.494 e. The van der Waals surface area contributed by atoms with Gasteiger partial charge in [-0.1, -0.05) is 17.8 Å². The van der Waals surface area contributed by atoms with Crippen molar-refractivity contribution >= 4 is 40.7 Å². The number of nitriles is 1. The first-order valence-corrected chi connectivity index (χ1v) is 12.6. The van der Waals surface area contributed by atoms with E-state index in [-0.39, 0.29) is 18.7 Å². The highest BCUT2D eigenvalue weighted by atomic mass is 32.2. The Balaban J connectivity index is 1.56. The molecule has 0 radical (unpaired) electrons. The molecule has 0 spiro atoms. The highest BCUT2D eigenvalue weighted by Gasteiger charge is 2.19. The SMILES string of the molecule is CCOc1ccc(N(CCC#N)C(=O)COC(=O)CSc2nnc(-c3cccs3)n2CC)cc1. The van der Waals surface area contributed by atoms with Crippen LogP contribution in [0.1, 0.15) is 20.3 Å². The van der Waals surface area contributed by atoms with Gasteiger partial charge in [-0.25, -0.2) is 0 Å². The quantitative estimate of drug-likeness (QED) is 0.272. The predicted molar refractivity (Wildman–Crippen MR) is 131 cm³/mol. The number of anilines is 1. The van der Waals surface area contributed by atoms with Crippen LogP contribution in [0.25, 0.3) is 10.7 Å². The summed E-state index contributed by atoms with van der Waals surface area (Å²) in [6, 6.07) is 12.9. The minimum atomic E-state index is -0.534. The second kappa shape index (κ2) is 12.8. The lowest BCUT2D eigenvalue weighted by atomic mass is 10.2. The number of carbonyl (C=O) groups is 2. The number of nitrogens with zero attached hydrogens (tertiary/aromatic N) is 5. The number of esters is 1. The van der Waals surface area contributed by atoms with Crippen molar-refractivity contribution in [1.29, 1.82) is 5.26 Å². The van der Waals surface area contributed by atoms with Crippen LogP contribution in [0.3, 0.4) is 0 Å². The number of hydrogen-bond donors (Lipinski definition) is 0. The van der Waals surface area contributed by atoms with E-state index in [1.54, 1.807) is 35.6 Å². The van der Waals surface area contributed by atoms with E-state index in [1.807, 2.05) is 42.0 Å². The summed E-state index contributed by atoms with van der Waals surface area (Å²) < 4.78 is 12.6. The summed E-state index contributed by atoms with van der Waals surface area (Å²) in [5, 5.41) is 20.0. The van der Waals surface area contributed by atoms with Gasteiger partial charge in [-0.2, -0.15) is 5.26 Å². The van der Waals surface area contributed by atoms with Crippen molar-refractivity contribution in [1.82, 2.24) is 14.8 Å². The summed E-state index contributed by atoms with van der Waals surface area (Å²) in [6.07, 6.45) is 0.155. The number of hydrogen-bond acceptors (Lipinski definition) is 9. The van der Waals surface area contributed by atoms with E-state index in [0.717, 1.165) is 10.7 Å². The smallest absolute Gasteiger partial charge is 0.316 e. The van der Waals surface area contributed by atoms with Crippen LogP contribution < -0.4 is 9.64 Å². The highest BCUT2D eigenvalue weighted by Crippen LogP contribution is 2.27. The molecule has 1 aromatic carbocycles. The van der Waals surface area contributed by atoms with E-state index in [2.05, 4.69) is 10.2 Å². The summed E-state index contributed by atoms with van der Waals surface area (Å²) >= 11 is 2.78. The van der Waals surface area contributed by atoms with Crippen LogP contribution in [-0.2, 0) is 20.9 Å². The molecule has 0 atom stereocenters. The van der Waals surface area contributed by atoms with Gasteiger partial charge in [-0.3, -0.25) is 9.59 Å². The van der Waals surface area contributed by atoms with Crippen molar-refractivity contribution in [3.05, 3.63) is 41.8 Å². The second-order valence-corrected chi connectivity index (χ2v) is 8.75. The zero-order chi connectivity index (χ0) is 24.3. The van der Waals surface area contributed by atoms with Crippen molar-refractivity contribution in [3.63, 3.8) is 0 Å². The average Bonchev–Trinajstić information content (AvgIpc) is 3.52.